The average Bonchev–Trinajstić information content (AvgIpc) is 3.01. The lowest BCUT2D eigenvalue weighted by Crippen LogP contribution is -2.43. The number of aromatic nitrogens is 4. The number of amides is 2. The van der Waals surface area contributed by atoms with E-state index in [4.69, 9.17) is 32.5 Å². The third-order valence-corrected chi connectivity index (χ3v) is 6.12. The molecule has 0 aliphatic rings. The van der Waals surface area contributed by atoms with Gasteiger partial charge in [0.15, 0.2) is 11.2 Å². The maximum Gasteiger partial charge on any atom is 0.326 e. The van der Waals surface area contributed by atoms with Gasteiger partial charge in [0.2, 0.25) is 11.9 Å². The van der Waals surface area contributed by atoms with Gasteiger partial charge in [-0.25, -0.2) is 19.6 Å². The number of unbranched alkanes of at least 4 members (excludes halogenated alkanes) is 1. The molecule has 2 unspecified atom stereocenters. The molecule has 19 heteroatoms. The average molecular weight is 645 g/mol. The first-order valence-corrected chi connectivity index (χ1v) is 13.9. The van der Waals surface area contributed by atoms with Crippen molar-refractivity contribution in [2.45, 2.75) is 50.7 Å². The van der Waals surface area contributed by atoms with Crippen molar-refractivity contribution >= 4 is 52.5 Å². The van der Waals surface area contributed by atoms with Crippen LogP contribution in [0.1, 0.15) is 48.2 Å². The van der Waals surface area contributed by atoms with Crippen LogP contribution in [0.3, 0.4) is 0 Å². The Kier molecular flexibility index (Phi) is 14.4. The zero-order chi connectivity index (χ0) is 34.2. The minimum absolute atomic E-state index is 0.0524. The van der Waals surface area contributed by atoms with E-state index in [0.717, 1.165) is 6.42 Å². The fraction of sp³-hybridized carbons (Fsp3) is 0.370. The van der Waals surface area contributed by atoms with E-state index in [1.165, 1.54) is 18.3 Å². The predicted molar refractivity (Wildman–Crippen MR) is 163 cm³/mol. The maximum absolute atomic E-state index is 12.3. The van der Waals surface area contributed by atoms with Crippen molar-refractivity contribution in [3.8, 4) is 0 Å². The number of carboxylic acid groups (broad SMARTS) is 3. The second-order valence-electron chi connectivity index (χ2n) is 9.66. The molecule has 0 saturated heterocycles. The van der Waals surface area contributed by atoms with Crippen LogP contribution in [-0.4, -0.2) is 90.2 Å². The molecule has 2 atom stereocenters. The van der Waals surface area contributed by atoms with Gasteiger partial charge in [-0.15, -0.1) is 0 Å². The molecule has 0 radical (unpaired) electrons. The number of carboxylic acids is 3. The van der Waals surface area contributed by atoms with Gasteiger partial charge in [0.05, 0.1) is 25.0 Å². The number of benzene rings is 1. The molecule has 46 heavy (non-hydrogen) atoms. The van der Waals surface area contributed by atoms with Gasteiger partial charge in [0.25, 0.3) is 11.5 Å². The fourth-order valence-corrected chi connectivity index (χ4v) is 3.76. The molecule has 13 N–H and O–H groups in total. The Morgan fingerprint density at radius 3 is 2.13 bits per heavy atom. The first kappa shape index (κ1) is 36.5. The van der Waals surface area contributed by atoms with E-state index >= 15 is 0 Å². The number of H-pyrrole nitrogens is 1. The Morgan fingerprint density at radius 2 is 1.54 bits per heavy atom. The molecule has 0 fully saturated rings. The molecule has 0 saturated carbocycles. The van der Waals surface area contributed by atoms with Crippen LogP contribution in [0.25, 0.3) is 11.2 Å². The number of nitrogens with zero attached hydrogens (tertiary/aromatic N) is 3. The van der Waals surface area contributed by atoms with Crippen LogP contribution < -0.4 is 38.7 Å². The van der Waals surface area contributed by atoms with E-state index < -0.39 is 47.4 Å². The molecule has 19 nitrogen and oxygen atoms in total. The fourth-order valence-electron chi connectivity index (χ4n) is 3.76. The maximum atomic E-state index is 12.3. The van der Waals surface area contributed by atoms with Crippen molar-refractivity contribution in [1.82, 2.24) is 30.6 Å². The lowest BCUT2D eigenvalue weighted by molar-refractivity contribution is -0.142. The standard InChI is InChI=1S/C19H19N7O6.C8H17N3O3/c20-19-25-15-14(17(30)26-19)23-11(8-22-15)7-21-10-3-1-9(2-4-10)16(29)24-12(18(31)32)5-6-13(27)28;9-4-2-1-3-6(8(13)14)11-7(12)5-10/h1-4,8,12,21H,5-7H2,(H,24,29)(H,27,28)(H,31,32)(H3,20,22,25,26,30);6H,1-5,9-10H2,(H,11,12)(H,13,14). The van der Waals surface area contributed by atoms with Crippen LogP contribution in [0.5, 0.6) is 0 Å². The summed E-state index contributed by atoms with van der Waals surface area (Å²) in [6.07, 6.45) is 2.66. The van der Waals surface area contributed by atoms with Crippen molar-refractivity contribution in [3.05, 3.63) is 52.1 Å². The van der Waals surface area contributed by atoms with Crippen molar-refractivity contribution < 1.29 is 39.3 Å². The zero-order valence-corrected chi connectivity index (χ0v) is 24.6. The Labute approximate surface area is 261 Å². The number of nitrogens with two attached hydrogens (primary N) is 3. The number of carbonyl (C=O) groups excluding carboxylic acids is 2. The van der Waals surface area contributed by atoms with E-state index in [1.54, 1.807) is 12.1 Å². The molecule has 248 valence electrons. The van der Waals surface area contributed by atoms with E-state index in [0.29, 0.717) is 30.8 Å². The second kappa shape index (κ2) is 18.2. The van der Waals surface area contributed by atoms with Gasteiger partial charge < -0.3 is 48.5 Å². The second-order valence-corrected chi connectivity index (χ2v) is 9.66. The highest BCUT2D eigenvalue weighted by Gasteiger charge is 2.22. The lowest BCUT2D eigenvalue weighted by Gasteiger charge is -2.14. The first-order chi connectivity index (χ1) is 21.8. The van der Waals surface area contributed by atoms with Crippen LogP contribution in [0.4, 0.5) is 11.6 Å². The molecule has 2 aromatic heterocycles. The molecule has 0 spiro atoms. The number of nitrogens with one attached hydrogen (secondary N) is 4. The van der Waals surface area contributed by atoms with E-state index in [9.17, 15) is 28.8 Å². The number of carbonyl (C=O) groups is 5. The van der Waals surface area contributed by atoms with Crippen molar-refractivity contribution in [2.24, 2.45) is 11.5 Å². The summed E-state index contributed by atoms with van der Waals surface area (Å²) in [5, 5.41) is 34.2. The van der Waals surface area contributed by atoms with Gasteiger partial charge >= 0.3 is 17.9 Å². The van der Waals surface area contributed by atoms with Crippen molar-refractivity contribution in [1.29, 1.82) is 0 Å². The monoisotopic (exact) mass is 644 g/mol. The molecule has 0 bridgehead atoms. The first-order valence-electron chi connectivity index (χ1n) is 13.9. The molecule has 0 aliphatic heterocycles. The molecule has 1 aromatic carbocycles. The minimum atomic E-state index is -1.31. The minimum Gasteiger partial charge on any atom is -0.481 e. The molecule has 2 amide bonds. The summed E-state index contributed by atoms with van der Waals surface area (Å²) >= 11 is 0. The number of aliphatic carboxylic acids is 3. The lowest BCUT2D eigenvalue weighted by atomic mass is 10.1. The normalized spacial score (nSPS) is 11.8. The smallest absolute Gasteiger partial charge is 0.326 e. The largest absolute Gasteiger partial charge is 0.481 e. The van der Waals surface area contributed by atoms with Gasteiger partial charge in [-0.05, 0) is 56.5 Å². The number of hydrogen-bond acceptors (Lipinski definition) is 13. The van der Waals surface area contributed by atoms with Crippen LogP contribution in [0.15, 0.2) is 35.3 Å². The summed E-state index contributed by atoms with van der Waals surface area (Å²) in [5.41, 5.74) is 16.8. The van der Waals surface area contributed by atoms with Crippen molar-refractivity contribution in [2.75, 3.05) is 24.1 Å². The highest BCUT2D eigenvalue weighted by molar-refractivity contribution is 5.97. The number of anilines is 2. The third-order valence-electron chi connectivity index (χ3n) is 6.12. The summed E-state index contributed by atoms with van der Waals surface area (Å²) < 4.78 is 0. The quantitative estimate of drug-likeness (QED) is 0.0801. The van der Waals surface area contributed by atoms with Gasteiger partial charge in [-0.3, -0.25) is 24.2 Å². The van der Waals surface area contributed by atoms with Crippen LogP contribution in [-0.2, 0) is 25.7 Å². The topological polar surface area (TPSA) is 332 Å². The summed E-state index contributed by atoms with van der Waals surface area (Å²) in [4.78, 5) is 82.0. The number of fused-ring (bicyclic) bond motifs is 1. The molecule has 3 aromatic rings. The number of nitrogen functional groups attached to an aromatic ring is 1. The van der Waals surface area contributed by atoms with Crippen LogP contribution >= 0.6 is 0 Å². The Balaban J connectivity index is 0.000000444. The summed E-state index contributed by atoms with van der Waals surface area (Å²) in [6.45, 7) is 0.562. The van der Waals surface area contributed by atoms with Crippen molar-refractivity contribution in [3.63, 3.8) is 0 Å². The Morgan fingerprint density at radius 1 is 0.891 bits per heavy atom. The molecular weight excluding hydrogens is 608 g/mol. The highest BCUT2D eigenvalue weighted by Crippen LogP contribution is 2.12. The SMILES string of the molecule is NCCCCC(NC(=O)CN)C(=O)O.Nc1nc2ncc(CNc3ccc(C(=O)NC(CCC(=O)O)C(=O)O)cc3)nc2c(=O)[nH]1. The zero-order valence-electron chi connectivity index (χ0n) is 24.6. The van der Waals surface area contributed by atoms with Crippen LogP contribution in [0.2, 0.25) is 0 Å². The Bertz CT molecular complexity index is 1580. The Hall–Kier alpha value is -5.69. The molecule has 0 aliphatic carbocycles. The summed E-state index contributed by atoms with van der Waals surface area (Å²) in [6, 6.07) is 4.01. The highest BCUT2D eigenvalue weighted by atomic mass is 16.4. The number of hydrogen-bond donors (Lipinski definition) is 10. The molecule has 3 rings (SSSR count). The van der Waals surface area contributed by atoms with Gasteiger partial charge in [-0.1, -0.05) is 0 Å². The third kappa shape index (κ3) is 12.1. The van der Waals surface area contributed by atoms with Crippen LogP contribution in [0, 0.1) is 0 Å². The van der Waals surface area contributed by atoms with Gasteiger partial charge in [0.1, 0.15) is 12.1 Å². The summed E-state index contributed by atoms with van der Waals surface area (Å²) in [7, 11) is 0. The molecule has 2 heterocycles. The van der Waals surface area contributed by atoms with E-state index in [-0.39, 0.29) is 48.6 Å². The molecular formula is C27H36N10O9. The van der Waals surface area contributed by atoms with Gasteiger partial charge in [-0.2, -0.15) is 4.98 Å². The van der Waals surface area contributed by atoms with Gasteiger partial charge in [0, 0.05) is 17.7 Å². The predicted octanol–water partition coefficient (Wildman–Crippen LogP) is -1.40. The number of aromatic amines is 1. The number of rotatable bonds is 16. The van der Waals surface area contributed by atoms with E-state index in [2.05, 4.69) is 35.9 Å². The summed E-state index contributed by atoms with van der Waals surface area (Å²) in [5.74, 6) is -4.65. The van der Waals surface area contributed by atoms with E-state index in [1.807, 2.05) is 0 Å².